The largest absolute Gasteiger partial charge is 0.507 e. The molecule has 0 heterocycles. The number of phenols is 1. The Bertz CT molecular complexity index is 1100. The molecule has 0 bridgehead atoms. The number of methoxy groups -OCH3 is 3. The van der Waals surface area contributed by atoms with Gasteiger partial charge in [0.1, 0.15) is 5.75 Å². The second-order valence-electron chi connectivity index (χ2n) is 6.63. The smallest absolute Gasteiger partial charge is 0.338 e. The van der Waals surface area contributed by atoms with Gasteiger partial charge in [-0.05, 0) is 42.1 Å². The first-order valence-corrected chi connectivity index (χ1v) is 9.49. The van der Waals surface area contributed by atoms with Crippen molar-refractivity contribution in [1.29, 1.82) is 0 Å². The zero-order valence-corrected chi connectivity index (χ0v) is 17.6. The maximum atomic E-state index is 12.8. The van der Waals surface area contributed by atoms with Gasteiger partial charge in [-0.1, -0.05) is 12.1 Å². The molecule has 3 aromatic carbocycles. The summed E-state index contributed by atoms with van der Waals surface area (Å²) in [4.78, 5) is 12.8. The van der Waals surface area contributed by atoms with Crippen LogP contribution >= 0.6 is 0 Å². The first-order valence-electron chi connectivity index (χ1n) is 9.49. The van der Waals surface area contributed by atoms with Crippen molar-refractivity contribution in [2.45, 2.75) is 13.2 Å². The van der Waals surface area contributed by atoms with E-state index in [0.29, 0.717) is 39.1 Å². The van der Waals surface area contributed by atoms with Crippen molar-refractivity contribution in [3.8, 4) is 34.1 Å². The predicted octanol–water partition coefficient (Wildman–Crippen LogP) is 3.40. The van der Waals surface area contributed by atoms with Crippen LogP contribution in [0.5, 0.6) is 23.0 Å². The zero-order valence-electron chi connectivity index (χ0n) is 17.6. The minimum absolute atomic E-state index is 0.103. The van der Waals surface area contributed by atoms with E-state index in [9.17, 15) is 20.1 Å². The van der Waals surface area contributed by atoms with Crippen LogP contribution in [0.4, 0.5) is 0 Å². The minimum Gasteiger partial charge on any atom is -0.507 e. The molecule has 164 valence electrons. The predicted molar refractivity (Wildman–Crippen MR) is 114 cm³/mol. The summed E-state index contributed by atoms with van der Waals surface area (Å²) < 4.78 is 21.4. The highest BCUT2D eigenvalue weighted by Crippen LogP contribution is 2.45. The van der Waals surface area contributed by atoms with Crippen molar-refractivity contribution < 1.29 is 39.1 Å². The number of phenolic OH excluding ortho intramolecular Hbond substituents is 1. The molecule has 0 saturated carbocycles. The molecule has 31 heavy (non-hydrogen) atoms. The van der Waals surface area contributed by atoms with Gasteiger partial charge in [-0.15, -0.1) is 0 Å². The highest BCUT2D eigenvalue weighted by molar-refractivity contribution is 6.10. The van der Waals surface area contributed by atoms with Crippen molar-refractivity contribution in [2.24, 2.45) is 0 Å². The van der Waals surface area contributed by atoms with E-state index in [0.717, 1.165) is 0 Å². The van der Waals surface area contributed by atoms with Crippen molar-refractivity contribution in [1.82, 2.24) is 0 Å². The van der Waals surface area contributed by atoms with Crippen molar-refractivity contribution in [3.63, 3.8) is 0 Å². The Balaban J connectivity index is 2.46. The van der Waals surface area contributed by atoms with E-state index in [1.807, 2.05) is 0 Å². The van der Waals surface area contributed by atoms with E-state index >= 15 is 0 Å². The first-order chi connectivity index (χ1) is 14.9. The van der Waals surface area contributed by atoms with Crippen molar-refractivity contribution >= 4 is 16.7 Å². The second-order valence-corrected chi connectivity index (χ2v) is 6.63. The second kappa shape index (κ2) is 9.11. The Morgan fingerprint density at radius 3 is 2.10 bits per heavy atom. The number of aliphatic hydroxyl groups is 2. The Morgan fingerprint density at radius 1 is 0.935 bits per heavy atom. The van der Waals surface area contributed by atoms with E-state index in [2.05, 4.69) is 0 Å². The number of hydrogen-bond donors (Lipinski definition) is 3. The number of aromatic hydroxyl groups is 1. The minimum atomic E-state index is -1.73. The average molecular weight is 428 g/mol. The van der Waals surface area contributed by atoms with Crippen LogP contribution in [0, 0.1) is 0 Å². The van der Waals surface area contributed by atoms with Gasteiger partial charge in [0.2, 0.25) is 5.75 Å². The molecular weight excluding hydrogens is 404 g/mol. The number of aliphatic hydroxyl groups excluding tert-OH is 1. The van der Waals surface area contributed by atoms with E-state index in [1.165, 1.54) is 39.5 Å². The van der Waals surface area contributed by atoms with Crippen LogP contribution in [0.2, 0.25) is 0 Å². The van der Waals surface area contributed by atoms with Crippen LogP contribution in [0.3, 0.4) is 0 Å². The Kier molecular flexibility index (Phi) is 6.53. The molecule has 3 N–H and O–H groups in total. The van der Waals surface area contributed by atoms with Gasteiger partial charge in [0.15, 0.2) is 17.8 Å². The third-order valence-corrected chi connectivity index (χ3v) is 4.89. The maximum absolute atomic E-state index is 12.8. The van der Waals surface area contributed by atoms with Crippen LogP contribution < -0.4 is 14.2 Å². The first kappa shape index (κ1) is 22.2. The molecule has 3 aromatic rings. The lowest BCUT2D eigenvalue weighted by molar-refractivity contribution is -0.0423. The summed E-state index contributed by atoms with van der Waals surface area (Å²) in [5.74, 6) is 0.324. The summed E-state index contributed by atoms with van der Waals surface area (Å²) in [5, 5.41) is 30.7. The van der Waals surface area contributed by atoms with E-state index < -0.39 is 12.3 Å². The molecule has 3 rings (SSSR count). The van der Waals surface area contributed by atoms with Gasteiger partial charge < -0.3 is 34.3 Å². The summed E-state index contributed by atoms with van der Waals surface area (Å²) in [6, 6.07) is 9.19. The average Bonchev–Trinajstić information content (AvgIpc) is 2.77. The van der Waals surface area contributed by atoms with Crippen LogP contribution in [0.15, 0.2) is 36.4 Å². The fraction of sp³-hybridized carbons (Fsp3) is 0.261. The van der Waals surface area contributed by atoms with Gasteiger partial charge in [0, 0.05) is 16.5 Å². The number of esters is 1. The topological polar surface area (TPSA) is 115 Å². The molecule has 8 heteroatoms. The molecule has 8 nitrogen and oxygen atoms in total. The molecule has 0 fully saturated rings. The number of rotatable bonds is 7. The normalized spacial score (nSPS) is 10.9. The van der Waals surface area contributed by atoms with E-state index in [4.69, 9.17) is 18.9 Å². The quantitative estimate of drug-likeness (QED) is 0.388. The number of benzene rings is 3. The molecule has 0 amide bonds. The number of ether oxygens (including phenoxy) is 4. The third kappa shape index (κ3) is 4.08. The molecule has 0 atom stereocenters. The Morgan fingerprint density at radius 2 is 1.58 bits per heavy atom. The van der Waals surface area contributed by atoms with Crippen LogP contribution in [0.1, 0.15) is 29.1 Å². The summed E-state index contributed by atoms with van der Waals surface area (Å²) in [6.45, 7) is 1.82. The fourth-order valence-electron chi connectivity index (χ4n) is 3.49. The maximum Gasteiger partial charge on any atom is 0.338 e. The highest BCUT2D eigenvalue weighted by atomic mass is 16.5. The number of carbonyl (C=O) groups is 1. The standard InChI is InChI=1S/C23H24O8/c1-5-31-23(27)16-11-17(24)14-7-6-12(22(25)26)8-15(14)20(16)13-9-18(28-2)21(30-4)19(10-13)29-3/h6-11,22,24-26H,5H2,1-4H3. The highest BCUT2D eigenvalue weighted by Gasteiger charge is 2.23. The Hall–Kier alpha value is -3.49. The lowest BCUT2D eigenvalue weighted by Crippen LogP contribution is -2.08. The number of hydrogen-bond acceptors (Lipinski definition) is 8. The van der Waals surface area contributed by atoms with Crippen LogP contribution in [-0.2, 0) is 4.74 Å². The lowest BCUT2D eigenvalue weighted by atomic mass is 9.91. The summed E-state index contributed by atoms with van der Waals surface area (Å²) in [5.41, 5.74) is 1.23. The fourth-order valence-corrected chi connectivity index (χ4v) is 3.49. The van der Waals surface area contributed by atoms with Crippen LogP contribution in [-0.4, -0.2) is 49.2 Å². The van der Waals surface area contributed by atoms with Crippen molar-refractivity contribution in [3.05, 3.63) is 47.5 Å². The molecule has 0 spiro atoms. The van der Waals surface area contributed by atoms with Gasteiger partial charge in [0.25, 0.3) is 0 Å². The monoisotopic (exact) mass is 428 g/mol. The van der Waals surface area contributed by atoms with E-state index in [-0.39, 0.29) is 23.5 Å². The molecule has 0 aromatic heterocycles. The SMILES string of the molecule is CCOC(=O)c1cc(O)c2ccc(C(O)O)cc2c1-c1cc(OC)c(OC)c(OC)c1. The molecule has 0 radical (unpaired) electrons. The molecule has 0 aliphatic carbocycles. The molecule has 0 saturated heterocycles. The van der Waals surface area contributed by atoms with Gasteiger partial charge in [0.05, 0.1) is 33.5 Å². The summed E-state index contributed by atoms with van der Waals surface area (Å²) in [6.07, 6.45) is -1.73. The van der Waals surface area contributed by atoms with E-state index in [1.54, 1.807) is 25.1 Å². The van der Waals surface area contributed by atoms with Crippen molar-refractivity contribution in [2.75, 3.05) is 27.9 Å². The summed E-state index contributed by atoms with van der Waals surface area (Å²) >= 11 is 0. The number of carbonyl (C=O) groups excluding carboxylic acids is 1. The van der Waals surface area contributed by atoms with Gasteiger partial charge in [-0.2, -0.15) is 0 Å². The molecular formula is C23H24O8. The number of fused-ring (bicyclic) bond motifs is 1. The Labute approximate surface area is 179 Å². The lowest BCUT2D eigenvalue weighted by Gasteiger charge is -2.18. The molecule has 0 aliphatic rings. The van der Waals surface area contributed by atoms with Gasteiger partial charge in [-0.3, -0.25) is 0 Å². The van der Waals surface area contributed by atoms with Gasteiger partial charge >= 0.3 is 5.97 Å². The third-order valence-electron chi connectivity index (χ3n) is 4.89. The summed E-state index contributed by atoms with van der Waals surface area (Å²) in [7, 11) is 4.43. The molecule has 0 unspecified atom stereocenters. The zero-order chi connectivity index (χ0) is 22.7. The van der Waals surface area contributed by atoms with Crippen LogP contribution in [0.25, 0.3) is 21.9 Å². The molecule has 0 aliphatic heterocycles. The van der Waals surface area contributed by atoms with Gasteiger partial charge in [-0.25, -0.2) is 4.79 Å².